The second-order valence-corrected chi connectivity index (χ2v) is 6.09. The van der Waals surface area contributed by atoms with Gasteiger partial charge >= 0.3 is 0 Å². The highest BCUT2D eigenvalue weighted by atomic mass is 35.5. The van der Waals surface area contributed by atoms with Crippen molar-refractivity contribution < 1.29 is 4.79 Å². The van der Waals surface area contributed by atoms with Crippen molar-refractivity contribution in [2.45, 2.75) is 32.2 Å². The summed E-state index contributed by atoms with van der Waals surface area (Å²) in [7, 11) is 1.92. The quantitative estimate of drug-likeness (QED) is 0.926. The SMILES string of the molecule is CC(Cc1ccc(Cl)cc1)N(C)C(=O)C1CCNCC1. The lowest BCUT2D eigenvalue weighted by atomic mass is 9.95. The first kappa shape index (κ1) is 15.3. The fourth-order valence-electron chi connectivity index (χ4n) is 2.67. The van der Waals surface area contributed by atoms with Gasteiger partial charge in [-0.3, -0.25) is 4.79 Å². The third-order valence-electron chi connectivity index (χ3n) is 4.14. The summed E-state index contributed by atoms with van der Waals surface area (Å²) in [4.78, 5) is 14.4. The first-order valence-electron chi connectivity index (χ1n) is 7.29. The van der Waals surface area contributed by atoms with Crippen molar-refractivity contribution >= 4 is 17.5 Å². The largest absolute Gasteiger partial charge is 0.342 e. The fourth-order valence-corrected chi connectivity index (χ4v) is 2.80. The van der Waals surface area contributed by atoms with Crippen LogP contribution in [0.5, 0.6) is 0 Å². The molecule has 0 aliphatic carbocycles. The van der Waals surface area contributed by atoms with Crippen LogP contribution in [-0.2, 0) is 11.2 Å². The molecule has 1 aliphatic heterocycles. The van der Waals surface area contributed by atoms with E-state index in [-0.39, 0.29) is 17.9 Å². The van der Waals surface area contributed by atoms with Gasteiger partial charge in [-0.2, -0.15) is 0 Å². The maximum absolute atomic E-state index is 12.5. The average Bonchev–Trinajstić information content (AvgIpc) is 2.49. The monoisotopic (exact) mass is 294 g/mol. The molecule has 4 heteroatoms. The van der Waals surface area contributed by atoms with Crippen LogP contribution in [0.4, 0.5) is 0 Å². The molecule has 1 amide bonds. The molecule has 1 unspecified atom stereocenters. The summed E-state index contributed by atoms with van der Waals surface area (Å²) in [5.74, 6) is 0.474. The molecule has 1 atom stereocenters. The van der Waals surface area contributed by atoms with Crippen LogP contribution in [-0.4, -0.2) is 37.0 Å². The zero-order valence-electron chi connectivity index (χ0n) is 12.2. The summed E-state index contributed by atoms with van der Waals surface area (Å²) in [6, 6.07) is 8.07. The Labute approximate surface area is 126 Å². The number of nitrogens with one attached hydrogen (secondary N) is 1. The lowest BCUT2D eigenvalue weighted by Gasteiger charge is -2.31. The third kappa shape index (κ3) is 3.97. The number of amides is 1. The Balaban J connectivity index is 1.91. The zero-order chi connectivity index (χ0) is 14.5. The van der Waals surface area contributed by atoms with E-state index in [4.69, 9.17) is 11.6 Å². The Morgan fingerprint density at radius 2 is 1.95 bits per heavy atom. The first-order valence-corrected chi connectivity index (χ1v) is 7.67. The van der Waals surface area contributed by atoms with E-state index in [0.29, 0.717) is 0 Å². The molecule has 1 fully saturated rings. The van der Waals surface area contributed by atoms with E-state index in [1.165, 1.54) is 5.56 Å². The second-order valence-electron chi connectivity index (χ2n) is 5.65. The van der Waals surface area contributed by atoms with Gasteiger partial charge in [-0.15, -0.1) is 0 Å². The fraction of sp³-hybridized carbons (Fsp3) is 0.562. The van der Waals surface area contributed by atoms with Gasteiger partial charge < -0.3 is 10.2 Å². The van der Waals surface area contributed by atoms with Crippen LogP contribution in [0.2, 0.25) is 5.02 Å². The topological polar surface area (TPSA) is 32.3 Å². The molecule has 1 aromatic carbocycles. The number of likely N-dealkylation sites (N-methyl/N-ethyl adjacent to an activating group) is 1. The van der Waals surface area contributed by atoms with Gasteiger partial charge in [-0.1, -0.05) is 23.7 Å². The van der Waals surface area contributed by atoms with Gasteiger partial charge in [0, 0.05) is 24.0 Å². The average molecular weight is 295 g/mol. The molecule has 0 aromatic heterocycles. The molecule has 2 rings (SSSR count). The maximum Gasteiger partial charge on any atom is 0.225 e. The number of hydrogen-bond donors (Lipinski definition) is 1. The van der Waals surface area contributed by atoms with Crippen molar-refractivity contribution in [3.8, 4) is 0 Å². The van der Waals surface area contributed by atoms with E-state index in [2.05, 4.69) is 12.2 Å². The number of benzene rings is 1. The molecule has 1 saturated heterocycles. The van der Waals surface area contributed by atoms with Crippen molar-refractivity contribution in [1.82, 2.24) is 10.2 Å². The molecule has 0 bridgehead atoms. The van der Waals surface area contributed by atoms with Crippen LogP contribution in [0.15, 0.2) is 24.3 Å². The highest BCUT2D eigenvalue weighted by Crippen LogP contribution is 2.18. The molecule has 20 heavy (non-hydrogen) atoms. The number of carbonyl (C=O) groups is 1. The van der Waals surface area contributed by atoms with E-state index < -0.39 is 0 Å². The lowest BCUT2D eigenvalue weighted by Crippen LogP contribution is -2.43. The van der Waals surface area contributed by atoms with Crippen LogP contribution in [0.3, 0.4) is 0 Å². The second kappa shape index (κ2) is 7.09. The van der Waals surface area contributed by atoms with Gasteiger partial charge in [0.25, 0.3) is 0 Å². The minimum absolute atomic E-state index is 0.189. The summed E-state index contributed by atoms with van der Waals surface area (Å²) in [5.41, 5.74) is 1.21. The van der Waals surface area contributed by atoms with Crippen molar-refractivity contribution in [1.29, 1.82) is 0 Å². The van der Waals surface area contributed by atoms with Crippen LogP contribution in [0.1, 0.15) is 25.3 Å². The summed E-state index contributed by atoms with van der Waals surface area (Å²) < 4.78 is 0. The van der Waals surface area contributed by atoms with E-state index in [0.717, 1.165) is 37.4 Å². The minimum Gasteiger partial charge on any atom is -0.342 e. The van der Waals surface area contributed by atoms with Crippen molar-refractivity contribution in [2.24, 2.45) is 5.92 Å². The zero-order valence-corrected chi connectivity index (χ0v) is 13.0. The van der Waals surface area contributed by atoms with Crippen LogP contribution in [0, 0.1) is 5.92 Å². The molecule has 1 aromatic rings. The lowest BCUT2D eigenvalue weighted by molar-refractivity contribution is -0.136. The van der Waals surface area contributed by atoms with Crippen LogP contribution < -0.4 is 5.32 Å². The molecule has 110 valence electrons. The van der Waals surface area contributed by atoms with E-state index in [9.17, 15) is 4.79 Å². The molecule has 1 aliphatic rings. The van der Waals surface area contributed by atoms with Crippen molar-refractivity contribution in [3.05, 3.63) is 34.9 Å². The highest BCUT2D eigenvalue weighted by Gasteiger charge is 2.26. The number of halogens is 1. The number of carbonyl (C=O) groups excluding carboxylic acids is 1. The predicted molar refractivity (Wildman–Crippen MR) is 83.0 cm³/mol. The summed E-state index contributed by atoms with van der Waals surface area (Å²) in [6.45, 7) is 4.01. The van der Waals surface area contributed by atoms with Crippen molar-refractivity contribution in [2.75, 3.05) is 20.1 Å². The third-order valence-corrected chi connectivity index (χ3v) is 4.39. The number of rotatable bonds is 4. The summed E-state index contributed by atoms with van der Waals surface area (Å²) >= 11 is 5.89. The Hall–Kier alpha value is -1.06. The first-order chi connectivity index (χ1) is 9.58. The van der Waals surface area contributed by atoms with Gasteiger partial charge in [-0.05, 0) is 57.0 Å². The molecule has 0 spiro atoms. The van der Waals surface area contributed by atoms with Gasteiger partial charge in [0.1, 0.15) is 0 Å². The summed E-state index contributed by atoms with van der Waals surface area (Å²) in [6.07, 6.45) is 2.78. The molecular weight excluding hydrogens is 272 g/mol. The van der Waals surface area contributed by atoms with Gasteiger partial charge in [0.15, 0.2) is 0 Å². The normalized spacial score (nSPS) is 17.8. The number of hydrogen-bond acceptors (Lipinski definition) is 2. The van der Waals surface area contributed by atoms with Crippen LogP contribution in [0.25, 0.3) is 0 Å². The smallest absolute Gasteiger partial charge is 0.225 e. The predicted octanol–water partition coefficient (Wildman–Crippen LogP) is 2.73. The number of piperidine rings is 1. The van der Waals surface area contributed by atoms with Crippen molar-refractivity contribution in [3.63, 3.8) is 0 Å². The molecule has 0 radical (unpaired) electrons. The molecule has 1 N–H and O–H groups in total. The molecular formula is C16H23ClN2O. The molecule has 0 saturated carbocycles. The van der Waals surface area contributed by atoms with Gasteiger partial charge in [-0.25, -0.2) is 0 Å². The Bertz CT molecular complexity index is 440. The minimum atomic E-state index is 0.189. The number of nitrogens with zero attached hydrogens (tertiary/aromatic N) is 1. The Kier molecular flexibility index (Phi) is 5.44. The Morgan fingerprint density at radius 1 is 1.35 bits per heavy atom. The van der Waals surface area contributed by atoms with Crippen LogP contribution >= 0.6 is 11.6 Å². The molecule has 3 nitrogen and oxygen atoms in total. The standard InChI is InChI=1S/C16H23ClN2O/c1-12(11-13-3-5-15(17)6-4-13)19(2)16(20)14-7-9-18-10-8-14/h3-6,12,14,18H,7-11H2,1-2H3. The van der Waals surface area contributed by atoms with E-state index >= 15 is 0 Å². The maximum atomic E-state index is 12.5. The summed E-state index contributed by atoms with van der Waals surface area (Å²) in [5, 5.41) is 4.05. The highest BCUT2D eigenvalue weighted by molar-refractivity contribution is 6.30. The van der Waals surface area contributed by atoms with E-state index in [1.807, 2.05) is 36.2 Å². The Morgan fingerprint density at radius 3 is 2.55 bits per heavy atom. The van der Waals surface area contributed by atoms with E-state index in [1.54, 1.807) is 0 Å². The molecule has 1 heterocycles. The van der Waals surface area contributed by atoms with Gasteiger partial charge in [0.05, 0.1) is 0 Å². The van der Waals surface area contributed by atoms with Gasteiger partial charge in [0.2, 0.25) is 5.91 Å².